The van der Waals surface area contributed by atoms with Crippen LogP contribution in [0, 0.1) is 5.92 Å². The van der Waals surface area contributed by atoms with E-state index >= 15 is 0 Å². The van der Waals surface area contributed by atoms with Gasteiger partial charge in [0.05, 0.1) is 5.57 Å². The maximum absolute atomic E-state index is 11.8. The molecule has 2 N–H and O–H groups in total. The van der Waals surface area contributed by atoms with Crippen LogP contribution in [0.2, 0.25) is 0 Å². The van der Waals surface area contributed by atoms with Crippen molar-refractivity contribution in [3.63, 3.8) is 0 Å². The summed E-state index contributed by atoms with van der Waals surface area (Å²) in [5.41, 5.74) is 7.57. The summed E-state index contributed by atoms with van der Waals surface area (Å²) in [4.78, 5) is 11.8. The van der Waals surface area contributed by atoms with Crippen LogP contribution in [-0.4, -0.2) is 17.6 Å². The first kappa shape index (κ1) is 11.4. The summed E-state index contributed by atoms with van der Waals surface area (Å²) in [6.07, 6.45) is 5.49. The van der Waals surface area contributed by atoms with E-state index in [1.54, 1.807) is 0 Å². The lowest BCUT2D eigenvalue weighted by molar-refractivity contribution is -0.153. The molecule has 2 atom stereocenters. The quantitative estimate of drug-likeness (QED) is 0.688. The Morgan fingerprint density at radius 3 is 2.88 bits per heavy atom. The lowest BCUT2D eigenvalue weighted by atomic mass is 9.76. The molecule has 0 bridgehead atoms. The Morgan fingerprint density at radius 2 is 2.25 bits per heavy atom. The van der Waals surface area contributed by atoms with Crippen molar-refractivity contribution in [3.8, 4) is 0 Å². The molecule has 2 rings (SSSR count). The third-order valence-corrected chi connectivity index (χ3v) is 3.39. The molecule has 0 fully saturated rings. The number of cyclic esters (lactones) is 1. The Morgan fingerprint density at radius 1 is 1.56 bits per heavy atom. The molecule has 0 aromatic heterocycles. The van der Waals surface area contributed by atoms with Crippen LogP contribution in [0.3, 0.4) is 0 Å². The number of nitrogens with two attached hydrogens (primary N) is 1. The second kappa shape index (κ2) is 3.74. The minimum atomic E-state index is -0.395. The predicted molar refractivity (Wildman–Crippen MR) is 62.7 cm³/mol. The lowest BCUT2D eigenvalue weighted by Gasteiger charge is -2.38. The van der Waals surface area contributed by atoms with Crippen molar-refractivity contribution in [1.82, 2.24) is 0 Å². The van der Waals surface area contributed by atoms with Gasteiger partial charge in [-0.05, 0) is 31.8 Å². The highest BCUT2D eigenvalue weighted by atomic mass is 16.6. The molecule has 0 saturated heterocycles. The van der Waals surface area contributed by atoms with Gasteiger partial charge in [0.15, 0.2) is 0 Å². The van der Waals surface area contributed by atoms with Gasteiger partial charge in [0, 0.05) is 12.5 Å². The van der Waals surface area contributed by atoms with Crippen molar-refractivity contribution < 1.29 is 9.53 Å². The Labute approximate surface area is 96.3 Å². The molecule has 0 saturated carbocycles. The molecule has 1 aliphatic heterocycles. The molecule has 1 aliphatic carbocycles. The van der Waals surface area contributed by atoms with Gasteiger partial charge < -0.3 is 10.5 Å². The first-order valence-corrected chi connectivity index (χ1v) is 5.85. The topological polar surface area (TPSA) is 52.3 Å². The monoisotopic (exact) mass is 221 g/mol. The third kappa shape index (κ3) is 1.80. The van der Waals surface area contributed by atoms with Crippen LogP contribution in [0.5, 0.6) is 0 Å². The van der Waals surface area contributed by atoms with E-state index in [-0.39, 0.29) is 17.9 Å². The molecule has 2 aliphatic rings. The Kier molecular flexibility index (Phi) is 2.66. The fraction of sp³-hybridized carbons (Fsp3) is 0.615. The summed E-state index contributed by atoms with van der Waals surface area (Å²) in [7, 11) is 0. The van der Waals surface area contributed by atoms with Crippen LogP contribution in [0.4, 0.5) is 0 Å². The minimum Gasteiger partial charge on any atom is -0.456 e. The Hall–Kier alpha value is -1.09. The van der Waals surface area contributed by atoms with Crippen molar-refractivity contribution in [2.24, 2.45) is 11.7 Å². The summed E-state index contributed by atoms with van der Waals surface area (Å²) < 4.78 is 5.38. The van der Waals surface area contributed by atoms with E-state index < -0.39 is 5.60 Å². The summed E-state index contributed by atoms with van der Waals surface area (Å²) >= 11 is 0. The van der Waals surface area contributed by atoms with Crippen LogP contribution in [0.1, 0.15) is 33.6 Å². The van der Waals surface area contributed by atoms with Crippen LogP contribution in [0.15, 0.2) is 23.3 Å². The van der Waals surface area contributed by atoms with Gasteiger partial charge >= 0.3 is 5.97 Å². The molecule has 3 nitrogen and oxygen atoms in total. The molecule has 2 unspecified atom stereocenters. The van der Waals surface area contributed by atoms with Gasteiger partial charge in [0.25, 0.3) is 0 Å². The first-order chi connectivity index (χ1) is 7.44. The maximum atomic E-state index is 11.8. The molecule has 1 heterocycles. The SMILES string of the molecule is CCC1C2=C(C=CC1N)C(=O)OC(C)(C)C2. The summed E-state index contributed by atoms with van der Waals surface area (Å²) in [5.74, 6) is 0.0833. The molecule has 0 aromatic rings. The smallest absolute Gasteiger partial charge is 0.338 e. The molecular weight excluding hydrogens is 202 g/mol. The van der Waals surface area contributed by atoms with Gasteiger partial charge in [0.1, 0.15) is 5.60 Å². The Bertz CT molecular complexity index is 379. The molecule has 0 spiro atoms. The van der Waals surface area contributed by atoms with E-state index in [1.165, 1.54) is 5.57 Å². The zero-order valence-corrected chi connectivity index (χ0v) is 10.1. The van der Waals surface area contributed by atoms with E-state index in [0.717, 1.165) is 18.4 Å². The zero-order chi connectivity index (χ0) is 11.9. The van der Waals surface area contributed by atoms with Gasteiger partial charge in [-0.2, -0.15) is 0 Å². The zero-order valence-electron chi connectivity index (χ0n) is 10.1. The number of ether oxygens (including phenoxy) is 1. The molecule has 0 aromatic carbocycles. The fourth-order valence-electron chi connectivity index (χ4n) is 2.63. The molecule has 16 heavy (non-hydrogen) atoms. The predicted octanol–water partition coefficient (Wildman–Crippen LogP) is 1.93. The minimum absolute atomic E-state index is 0.0328. The molecule has 0 radical (unpaired) electrons. The van der Waals surface area contributed by atoms with E-state index in [1.807, 2.05) is 26.0 Å². The van der Waals surface area contributed by atoms with Crippen molar-refractivity contribution >= 4 is 5.97 Å². The highest BCUT2D eigenvalue weighted by Gasteiger charge is 2.38. The third-order valence-electron chi connectivity index (χ3n) is 3.39. The van der Waals surface area contributed by atoms with E-state index in [9.17, 15) is 4.79 Å². The number of rotatable bonds is 1. The first-order valence-electron chi connectivity index (χ1n) is 5.85. The number of carbonyl (C=O) groups is 1. The highest BCUT2D eigenvalue weighted by Crippen LogP contribution is 2.38. The second-order valence-electron chi connectivity index (χ2n) is 5.22. The standard InChI is InChI=1S/C13H19NO2/c1-4-8-10-7-13(2,3)16-12(15)9(10)5-6-11(8)14/h5-6,8,11H,4,7,14H2,1-3H3. The second-order valence-corrected chi connectivity index (χ2v) is 5.22. The van der Waals surface area contributed by atoms with Gasteiger partial charge in [-0.3, -0.25) is 0 Å². The van der Waals surface area contributed by atoms with Crippen LogP contribution >= 0.6 is 0 Å². The number of esters is 1. The van der Waals surface area contributed by atoms with Gasteiger partial charge in [-0.15, -0.1) is 0 Å². The van der Waals surface area contributed by atoms with Crippen molar-refractivity contribution in [3.05, 3.63) is 23.3 Å². The molecule has 3 heteroatoms. The van der Waals surface area contributed by atoms with Gasteiger partial charge in [-0.25, -0.2) is 4.79 Å². The largest absolute Gasteiger partial charge is 0.456 e. The highest BCUT2D eigenvalue weighted by molar-refractivity contribution is 5.94. The number of hydrogen-bond donors (Lipinski definition) is 1. The van der Waals surface area contributed by atoms with E-state index in [0.29, 0.717) is 0 Å². The van der Waals surface area contributed by atoms with Gasteiger partial charge in [0.2, 0.25) is 0 Å². The molecular formula is C13H19NO2. The van der Waals surface area contributed by atoms with Crippen LogP contribution in [0.25, 0.3) is 0 Å². The van der Waals surface area contributed by atoms with Crippen molar-refractivity contribution in [2.45, 2.75) is 45.3 Å². The normalized spacial score (nSPS) is 32.4. The summed E-state index contributed by atoms with van der Waals surface area (Å²) in [5, 5.41) is 0. The van der Waals surface area contributed by atoms with Crippen molar-refractivity contribution in [1.29, 1.82) is 0 Å². The number of hydrogen-bond acceptors (Lipinski definition) is 3. The molecule has 88 valence electrons. The lowest BCUT2D eigenvalue weighted by Crippen LogP contribution is -2.41. The maximum Gasteiger partial charge on any atom is 0.338 e. The van der Waals surface area contributed by atoms with Gasteiger partial charge in [-0.1, -0.05) is 19.1 Å². The summed E-state index contributed by atoms with van der Waals surface area (Å²) in [6.45, 7) is 6.01. The number of carbonyl (C=O) groups excluding carboxylic acids is 1. The molecule has 0 amide bonds. The van der Waals surface area contributed by atoms with Crippen LogP contribution < -0.4 is 5.73 Å². The average Bonchev–Trinajstić information content (AvgIpc) is 2.15. The average molecular weight is 221 g/mol. The van der Waals surface area contributed by atoms with E-state index in [4.69, 9.17) is 10.5 Å². The van der Waals surface area contributed by atoms with E-state index in [2.05, 4.69) is 6.92 Å². The fourth-order valence-corrected chi connectivity index (χ4v) is 2.63. The van der Waals surface area contributed by atoms with Crippen LogP contribution in [-0.2, 0) is 9.53 Å². The van der Waals surface area contributed by atoms with Crippen molar-refractivity contribution in [2.75, 3.05) is 0 Å². The summed E-state index contributed by atoms with van der Waals surface area (Å²) in [6, 6.07) is 0.0328. The Balaban J connectivity index is 2.42.